The standard InChI is InChI=1S/C15H15F3N4O/c1-11(12-5-3-2-4-6-12)9-19-20-14(23)10-22-8-7-13(21-22)15(16,17)18/h2-9,11H,10H2,1H3,(H,20,23)/b19-9+. The van der Waals surface area contributed by atoms with Crippen LogP contribution in [0.4, 0.5) is 13.2 Å². The number of carbonyl (C=O) groups excluding carboxylic acids is 1. The minimum Gasteiger partial charge on any atom is -0.271 e. The topological polar surface area (TPSA) is 59.3 Å². The van der Waals surface area contributed by atoms with Crippen molar-refractivity contribution in [2.24, 2.45) is 5.10 Å². The Hall–Kier alpha value is -2.64. The van der Waals surface area contributed by atoms with E-state index >= 15 is 0 Å². The molecule has 2 rings (SSSR count). The van der Waals surface area contributed by atoms with Crippen LogP contribution in [-0.2, 0) is 17.5 Å². The van der Waals surface area contributed by atoms with E-state index in [1.807, 2.05) is 37.3 Å². The van der Waals surface area contributed by atoms with Gasteiger partial charge in [0.2, 0.25) is 0 Å². The van der Waals surface area contributed by atoms with E-state index in [-0.39, 0.29) is 12.5 Å². The van der Waals surface area contributed by atoms with E-state index in [1.165, 1.54) is 0 Å². The van der Waals surface area contributed by atoms with Crippen LogP contribution < -0.4 is 5.43 Å². The Morgan fingerprint density at radius 2 is 2.04 bits per heavy atom. The van der Waals surface area contributed by atoms with Crippen molar-refractivity contribution in [3.8, 4) is 0 Å². The summed E-state index contributed by atoms with van der Waals surface area (Å²) in [5, 5.41) is 7.10. The first-order valence-electron chi connectivity index (χ1n) is 6.84. The van der Waals surface area contributed by atoms with Crippen LogP contribution in [-0.4, -0.2) is 21.9 Å². The fourth-order valence-corrected chi connectivity index (χ4v) is 1.85. The Morgan fingerprint density at radius 1 is 1.35 bits per heavy atom. The molecule has 1 atom stereocenters. The zero-order chi connectivity index (χ0) is 16.9. The minimum absolute atomic E-state index is 0.00182. The van der Waals surface area contributed by atoms with Crippen LogP contribution in [0.3, 0.4) is 0 Å². The predicted molar refractivity (Wildman–Crippen MR) is 78.7 cm³/mol. The molecule has 0 aliphatic rings. The van der Waals surface area contributed by atoms with Crippen LogP contribution in [0.15, 0.2) is 47.7 Å². The highest BCUT2D eigenvalue weighted by atomic mass is 19.4. The molecule has 0 aliphatic heterocycles. The van der Waals surface area contributed by atoms with E-state index in [1.54, 1.807) is 6.21 Å². The maximum atomic E-state index is 12.4. The van der Waals surface area contributed by atoms with E-state index in [0.29, 0.717) is 0 Å². The number of aromatic nitrogens is 2. The van der Waals surface area contributed by atoms with Gasteiger partial charge in [-0.25, -0.2) is 5.43 Å². The first-order valence-corrected chi connectivity index (χ1v) is 6.84. The van der Waals surface area contributed by atoms with Gasteiger partial charge >= 0.3 is 6.18 Å². The van der Waals surface area contributed by atoms with Crippen molar-refractivity contribution < 1.29 is 18.0 Å². The van der Waals surface area contributed by atoms with Crippen molar-refractivity contribution in [1.82, 2.24) is 15.2 Å². The summed E-state index contributed by atoms with van der Waals surface area (Å²) in [5.74, 6) is -0.559. The number of hydrogen-bond donors (Lipinski definition) is 1. The summed E-state index contributed by atoms with van der Waals surface area (Å²) in [7, 11) is 0. The highest BCUT2D eigenvalue weighted by Crippen LogP contribution is 2.27. The number of amides is 1. The van der Waals surface area contributed by atoms with E-state index in [0.717, 1.165) is 22.5 Å². The molecule has 1 aromatic carbocycles. The molecule has 5 nitrogen and oxygen atoms in total. The second-order valence-corrected chi connectivity index (χ2v) is 4.91. The summed E-state index contributed by atoms with van der Waals surface area (Å²) in [6, 6.07) is 10.4. The molecule has 0 aliphatic carbocycles. The molecule has 0 spiro atoms. The molecule has 0 fully saturated rings. The number of rotatable bonds is 5. The smallest absolute Gasteiger partial charge is 0.271 e. The van der Waals surface area contributed by atoms with Gasteiger partial charge in [-0.3, -0.25) is 9.48 Å². The molecule has 1 amide bonds. The number of hydrogen-bond acceptors (Lipinski definition) is 3. The summed E-state index contributed by atoms with van der Waals surface area (Å²) in [4.78, 5) is 11.6. The van der Waals surface area contributed by atoms with Crippen LogP contribution in [0.5, 0.6) is 0 Å². The van der Waals surface area contributed by atoms with Gasteiger partial charge in [0, 0.05) is 18.3 Å². The molecule has 1 N–H and O–H groups in total. The zero-order valence-corrected chi connectivity index (χ0v) is 12.3. The average Bonchev–Trinajstić information content (AvgIpc) is 2.96. The van der Waals surface area contributed by atoms with Crippen molar-refractivity contribution in [1.29, 1.82) is 0 Å². The van der Waals surface area contributed by atoms with Gasteiger partial charge in [-0.1, -0.05) is 37.3 Å². The van der Waals surface area contributed by atoms with Crippen LogP contribution in [0.1, 0.15) is 24.1 Å². The van der Waals surface area contributed by atoms with Gasteiger partial charge in [-0.05, 0) is 11.6 Å². The highest BCUT2D eigenvalue weighted by molar-refractivity contribution is 5.77. The fourth-order valence-electron chi connectivity index (χ4n) is 1.85. The van der Waals surface area contributed by atoms with Crippen molar-refractivity contribution in [2.45, 2.75) is 25.6 Å². The number of carbonyl (C=O) groups is 1. The van der Waals surface area contributed by atoms with Crippen molar-refractivity contribution in [3.05, 3.63) is 53.9 Å². The van der Waals surface area contributed by atoms with Crippen LogP contribution in [0.25, 0.3) is 0 Å². The second kappa shape index (κ2) is 7.08. The molecule has 0 saturated carbocycles. The van der Waals surface area contributed by atoms with Crippen LogP contribution >= 0.6 is 0 Å². The van der Waals surface area contributed by atoms with E-state index in [9.17, 15) is 18.0 Å². The van der Waals surface area contributed by atoms with Gasteiger partial charge < -0.3 is 0 Å². The third-order valence-electron chi connectivity index (χ3n) is 3.05. The molecule has 8 heteroatoms. The van der Waals surface area contributed by atoms with Crippen molar-refractivity contribution in [3.63, 3.8) is 0 Å². The van der Waals surface area contributed by atoms with Crippen LogP contribution in [0, 0.1) is 0 Å². The van der Waals surface area contributed by atoms with Gasteiger partial charge in [-0.15, -0.1) is 0 Å². The van der Waals surface area contributed by atoms with E-state index in [2.05, 4.69) is 15.6 Å². The Kier molecular flexibility index (Phi) is 5.15. The molecule has 2 aromatic rings. The lowest BCUT2D eigenvalue weighted by Gasteiger charge is -2.05. The molecule has 0 bridgehead atoms. The minimum atomic E-state index is -4.52. The van der Waals surface area contributed by atoms with E-state index < -0.39 is 17.8 Å². The Morgan fingerprint density at radius 3 is 2.65 bits per heavy atom. The monoisotopic (exact) mass is 324 g/mol. The highest BCUT2D eigenvalue weighted by Gasteiger charge is 2.33. The number of alkyl halides is 3. The molecule has 1 unspecified atom stereocenters. The van der Waals surface area contributed by atoms with Gasteiger partial charge in [0.05, 0.1) is 0 Å². The summed E-state index contributed by atoms with van der Waals surface area (Å²) in [5.41, 5.74) is 2.27. The molecule has 0 saturated heterocycles. The quantitative estimate of drug-likeness (QED) is 0.679. The fraction of sp³-hybridized carbons (Fsp3) is 0.267. The number of nitrogens with zero attached hydrogens (tertiary/aromatic N) is 3. The Bertz CT molecular complexity index is 680. The van der Waals surface area contributed by atoms with Crippen LogP contribution in [0.2, 0.25) is 0 Å². The molecule has 1 heterocycles. The maximum absolute atomic E-state index is 12.4. The third-order valence-corrected chi connectivity index (χ3v) is 3.05. The second-order valence-electron chi connectivity index (χ2n) is 4.91. The summed E-state index contributed by atoms with van der Waals surface area (Å²) in [6.07, 6.45) is -1.87. The normalized spacial score (nSPS) is 13.2. The lowest BCUT2D eigenvalue weighted by atomic mass is 10.0. The van der Waals surface area contributed by atoms with Crippen molar-refractivity contribution in [2.75, 3.05) is 0 Å². The lowest BCUT2D eigenvalue weighted by molar-refractivity contribution is -0.141. The van der Waals surface area contributed by atoms with E-state index in [4.69, 9.17) is 0 Å². The molecular weight excluding hydrogens is 309 g/mol. The third kappa shape index (κ3) is 4.94. The molecule has 0 radical (unpaired) electrons. The lowest BCUT2D eigenvalue weighted by Crippen LogP contribution is -2.24. The van der Waals surface area contributed by atoms with Gasteiger partial charge in [0.15, 0.2) is 5.69 Å². The average molecular weight is 324 g/mol. The largest absolute Gasteiger partial charge is 0.435 e. The number of benzene rings is 1. The molecular formula is C15H15F3N4O. The summed E-state index contributed by atoms with van der Waals surface area (Å²) >= 11 is 0. The maximum Gasteiger partial charge on any atom is 0.435 e. The molecule has 23 heavy (non-hydrogen) atoms. The summed E-state index contributed by atoms with van der Waals surface area (Å²) < 4.78 is 38.1. The summed E-state index contributed by atoms with van der Waals surface area (Å²) in [6.45, 7) is 1.57. The first kappa shape index (κ1) is 16.7. The predicted octanol–water partition coefficient (Wildman–Crippen LogP) is 2.81. The number of nitrogens with one attached hydrogen (secondary N) is 1. The first-order chi connectivity index (χ1) is 10.9. The van der Waals surface area contributed by atoms with Gasteiger partial charge in [0.1, 0.15) is 6.54 Å². The van der Waals surface area contributed by atoms with Gasteiger partial charge in [0.25, 0.3) is 5.91 Å². The number of halogens is 3. The Balaban J connectivity index is 1.85. The number of hydrazone groups is 1. The SMILES string of the molecule is CC(/C=N/NC(=O)Cn1ccc(C(F)(F)F)n1)c1ccccc1. The molecule has 122 valence electrons. The Labute approximate surface area is 130 Å². The van der Waals surface area contributed by atoms with Crippen molar-refractivity contribution >= 4 is 12.1 Å². The molecule has 1 aromatic heterocycles. The zero-order valence-electron chi connectivity index (χ0n) is 12.3. The van der Waals surface area contributed by atoms with Gasteiger partial charge in [-0.2, -0.15) is 23.4 Å².